The molecule has 1 amide bonds. The summed E-state index contributed by atoms with van der Waals surface area (Å²) in [6, 6.07) is 1.72. The molecule has 4 heteroatoms. The molecule has 0 atom stereocenters. The first-order valence-corrected chi connectivity index (χ1v) is 6.54. The zero-order chi connectivity index (χ0) is 11.5. The Balaban J connectivity index is 2.00. The molecule has 1 aliphatic heterocycles. The molecule has 3 nitrogen and oxygen atoms in total. The van der Waals surface area contributed by atoms with Crippen LogP contribution in [0.15, 0.2) is 21.4 Å². The van der Waals surface area contributed by atoms with E-state index in [2.05, 4.69) is 22.9 Å². The van der Waals surface area contributed by atoms with Gasteiger partial charge in [0.15, 0.2) is 4.67 Å². The minimum absolute atomic E-state index is 0.0789. The van der Waals surface area contributed by atoms with Gasteiger partial charge < -0.3 is 9.32 Å². The number of furan rings is 1. The van der Waals surface area contributed by atoms with E-state index in [1.54, 1.807) is 6.07 Å². The molecule has 1 aromatic rings. The van der Waals surface area contributed by atoms with E-state index in [0.29, 0.717) is 10.2 Å². The minimum atomic E-state index is 0.0789. The van der Waals surface area contributed by atoms with Gasteiger partial charge in [0.05, 0.1) is 11.8 Å². The quantitative estimate of drug-likeness (QED) is 0.835. The van der Waals surface area contributed by atoms with Crippen molar-refractivity contribution in [3.8, 4) is 0 Å². The normalized spacial score (nSPS) is 17.8. The minimum Gasteiger partial charge on any atom is -0.457 e. The first-order chi connectivity index (χ1) is 7.72. The van der Waals surface area contributed by atoms with Crippen LogP contribution < -0.4 is 0 Å². The third-order valence-electron chi connectivity index (χ3n) is 3.33. The molecule has 1 aromatic heterocycles. The lowest BCUT2D eigenvalue weighted by Crippen LogP contribution is -2.38. The Bertz CT molecular complexity index is 367. The van der Waals surface area contributed by atoms with Crippen LogP contribution in [0.4, 0.5) is 0 Å². The molecule has 2 heterocycles. The maximum atomic E-state index is 12.1. The third-order valence-corrected chi connectivity index (χ3v) is 3.94. The van der Waals surface area contributed by atoms with Crippen LogP contribution in [-0.2, 0) is 0 Å². The Morgan fingerprint density at radius 2 is 2.25 bits per heavy atom. The molecule has 1 saturated heterocycles. The second-order valence-electron chi connectivity index (χ2n) is 4.25. The van der Waals surface area contributed by atoms with E-state index in [1.807, 2.05) is 4.90 Å². The first-order valence-electron chi connectivity index (χ1n) is 5.74. The Morgan fingerprint density at radius 1 is 1.56 bits per heavy atom. The highest BCUT2D eigenvalue weighted by molar-refractivity contribution is 9.10. The van der Waals surface area contributed by atoms with Crippen LogP contribution in [0.5, 0.6) is 0 Å². The van der Waals surface area contributed by atoms with Crippen molar-refractivity contribution < 1.29 is 9.21 Å². The number of hydrogen-bond donors (Lipinski definition) is 0. The van der Waals surface area contributed by atoms with Gasteiger partial charge in [-0.15, -0.1) is 0 Å². The number of halogens is 1. The smallest absolute Gasteiger partial charge is 0.258 e. The largest absolute Gasteiger partial charge is 0.457 e. The van der Waals surface area contributed by atoms with E-state index in [1.165, 1.54) is 12.7 Å². The molecule has 0 N–H and O–H groups in total. The lowest BCUT2D eigenvalue weighted by atomic mass is 9.94. The summed E-state index contributed by atoms with van der Waals surface area (Å²) in [4.78, 5) is 14.0. The van der Waals surface area contributed by atoms with Gasteiger partial charge >= 0.3 is 0 Å². The predicted octanol–water partition coefficient (Wildman–Crippen LogP) is 3.30. The standard InChI is InChI=1S/C12H16BrNO2/c1-2-9-3-6-14(7-4-9)12(15)10-5-8-16-11(10)13/h5,8-9H,2-4,6-7H2,1H3. The van der Waals surface area contributed by atoms with Gasteiger partial charge in [0.2, 0.25) is 0 Å². The summed E-state index contributed by atoms with van der Waals surface area (Å²) in [6.07, 6.45) is 5.00. The summed E-state index contributed by atoms with van der Waals surface area (Å²) in [7, 11) is 0. The zero-order valence-corrected chi connectivity index (χ0v) is 11.0. The van der Waals surface area contributed by atoms with Gasteiger partial charge in [0.1, 0.15) is 0 Å². The van der Waals surface area contributed by atoms with Gasteiger partial charge in [-0.05, 0) is 40.8 Å². The van der Waals surface area contributed by atoms with Crippen molar-refractivity contribution in [2.24, 2.45) is 5.92 Å². The first kappa shape index (κ1) is 11.7. The molecular formula is C12H16BrNO2. The number of piperidine rings is 1. The highest BCUT2D eigenvalue weighted by atomic mass is 79.9. The number of carbonyl (C=O) groups excluding carboxylic acids is 1. The summed E-state index contributed by atoms with van der Waals surface area (Å²) in [5.41, 5.74) is 0.634. The van der Waals surface area contributed by atoms with Crippen LogP contribution in [0.1, 0.15) is 36.5 Å². The van der Waals surface area contributed by atoms with Crippen LogP contribution in [0.3, 0.4) is 0 Å². The fourth-order valence-electron chi connectivity index (χ4n) is 2.16. The van der Waals surface area contributed by atoms with Crippen LogP contribution in [0.25, 0.3) is 0 Å². The van der Waals surface area contributed by atoms with Crippen molar-refractivity contribution >= 4 is 21.8 Å². The number of amides is 1. The highest BCUT2D eigenvalue weighted by Gasteiger charge is 2.24. The number of hydrogen-bond acceptors (Lipinski definition) is 2. The molecule has 0 saturated carbocycles. The number of likely N-dealkylation sites (tertiary alicyclic amines) is 1. The van der Waals surface area contributed by atoms with Gasteiger partial charge in [-0.1, -0.05) is 13.3 Å². The van der Waals surface area contributed by atoms with Crippen LogP contribution in [0, 0.1) is 5.92 Å². The van der Waals surface area contributed by atoms with Gasteiger partial charge in [0, 0.05) is 13.1 Å². The maximum absolute atomic E-state index is 12.1. The van der Waals surface area contributed by atoms with Gasteiger partial charge in [-0.2, -0.15) is 0 Å². The maximum Gasteiger partial charge on any atom is 0.258 e. The van der Waals surface area contributed by atoms with Crippen LogP contribution in [-0.4, -0.2) is 23.9 Å². The van der Waals surface area contributed by atoms with Crippen molar-refractivity contribution in [1.82, 2.24) is 4.90 Å². The molecule has 88 valence electrons. The van der Waals surface area contributed by atoms with Gasteiger partial charge in [-0.3, -0.25) is 4.79 Å². The lowest BCUT2D eigenvalue weighted by molar-refractivity contribution is 0.0687. The van der Waals surface area contributed by atoms with E-state index in [0.717, 1.165) is 31.8 Å². The molecule has 0 aliphatic carbocycles. The second-order valence-corrected chi connectivity index (χ2v) is 4.97. The van der Waals surface area contributed by atoms with E-state index in [9.17, 15) is 4.79 Å². The van der Waals surface area contributed by atoms with Crippen LogP contribution in [0.2, 0.25) is 0 Å². The van der Waals surface area contributed by atoms with Crippen LogP contribution >= 0.6 is 15.9 Å². The second kappa shape index (κ2) is 5.04. The molecule has 0 radical (unpaired) electrons. The molecule has 0 spiro atoms. The molecule has 1 aliphatic rings. The van der Waals surface area contributed by atoms with Gasteiger partial charge in [0.25, 0.3) is 5.91 Å². The van der Waals surface area contributed by atoms with Gasteiger partial charge in [-0.25, -0.2) is 0 Å². The molecule has 16 heavy (non-hydrogen) atoms. The topological polar surface area (TPSA) is 33.5 Å². The van der Waals surface area contributed by atoms with E-state index in [-0.39, 0.29) is 5.91 Å². The Labute approximate surface area is 104 Å². The summed E-state index contributed by atoms with van der Waals surface area (Å²) < 4.78 is 5.63. The monoisotopic (exact) mass is 285 g/mol. The Hall–Kier alpha value is -0.770. The summed E-state index contributed by atoms with van der Waals surface area (Å²) in [5.74, 6) is 0.868. The Kier molecular flexibility index (Phi) is 3.69. The fourth-order valence-corrected chi connectivity index (χ4v) is 2.57. The molecule has 0 bridgehead atoms. The third kappa shape index (κ3) is 2.32. The highest BCUT2D eigenvalue weighted by Crippen LogP contribution is 2.24. The van der Waals surface area contributed by atoms with Crippen molar-refractivity contribution in [2.45, 2.75) is 26.2 Å². The van der Waals surface area contributed by atoms with Crippen molar-refractivity contribution in [3.63, 3.8) is 0 Å². The van der Waals surface area contributed by atoms with E-state index in [4.69, 9.17) is 4.42 Å². The Morgan fingerprint density at radius 3 is 2.75 bits per heavy atom. The summed E-state index contributed by atoms with van der Waals surface area (Å²) in [6.45, 7) is 3.96. The number of carbonyl (C=O) groups is 1. The van der Waals surface area contributed by atoms with Crippen molar-refractivity contribution in [1.29, 1.82) is 0 Å². The molecule has 2 rings (SSSR count). The number of nitrogens with zero attached hydrogens (tertiary/aromatic N) is 1. The molecule has 0 aromatic carbocycles. The average Bonchev–Trinajstić information content (AvgIpc) is 2.75. The van der Waals surface area contributed by atoms with Crippen molar-refractivity contribution in [3.05, 3.63) is 22.6 Å². The average molecular weight is 286 g/mol. The SMILES string of the molecule is CCC1CCN(C(=O)c2ccoc2Br)CC1. The lowest BCUT2D eigenvalue weighted by Gasteiger charge is -2.31. The number of rotatable bonds is 2. The summed E-state index contributed by atoms with van der Waals surface area (Å²) in [5, 5.41) is 0. The van der Waals surface area contributed by atoms with E-state index < -0.39 is 0 Å². The predicted molar refractivity (Wildman–Crippen MR) is 65.3 cm³/mol. The molecule has 1 fully saturated rings. The fraction of sp³-hybridized carbons (Fsp3) is 0.583. The van der Waals surface area contributed by atoms with Crippen molar-refractivity contribution in [2.75, 3.05) is 13.1 Å². The summed E-state index contributed by atoms with van der Waals surface area (Å²) >= 11 is 3.24. The zero-order valence-electron chi connectivity index (χ0n) is 9.41. The molecule has 0 unspecified atom stereocenters. The van der Waals surface area contributed by atoms with E-state index >= 15 is 0 Å². The molecular weight excluding hydrogens is 270 g/mol.